The first kappa shape index (κ1) is 20.6. The van der Waals surface area contributed by atoms with Gasteiger partial charge in [0.05, 0.1) is 0 Å². The second kappa shape index (κ2) is 8.33. The summed E-state index contributed by atoms with van der Waals surface area (Å²) in [6.07, 6.45) is 6.28. The van der Waals surface area contributed by atoms with E-state index in [1.54, 1.807) is 18.0 Å². The van der Waals surface area contributed by atoms with Crippen LogP contribution >= 0.6 is 0 Å². The number of methoxy groups -OCH3 is 1. The lowest BCUT2D eigenvalue weighted by Gasteiger charge is -2.40. The molecular formula is C22H26N8O2. The molecule has 0 amide bonds. The summed E-state index contributed by atoms with van der Waals surface area (Å²) in [5.74, 6) is 0.973. The van der Waals surface area contributed by atoms with Crippen molar-refractivity contribution >= 4 is 11.5 Å². The van der Waals surface area contributed by atoms with Gasteiger partial charge in [-0.1, -0.05) is 0 Å². The van der Waals surface area contributed by atoms with E-state index in [0.717, 1.165) is 50.5 Å². The zero-order valence-corrected chi connectivity index (χ0v) is 18.1. The fourth-order valence-corrected chi connectivity index (χ4v) is 4.93. The average Bonchev–Trinajstić information content (AvgIpc) is 3.45. The topological polar surface area (TPSA) is 115 Å². The zero-order valence-electron chi connectivity index (χ0n) is 18.1. The van der Waals surface area contributed by atoms with E-state index in [0.29, 0.717) is 17.7 Å². The molecule has 2 fully saturated rings. The molecule has 1 spiro atoms. The number of anilines is 1. The zero-order chi connectivity index (χ0) is 22.1. The molecular weight excluding hydrogens is 408 g/mol. The first-order valence-electron chi connectivity index (χ1n) is 10.9. The van der Waals surface area contributed by atoms with Gasteiger partial charge in [-0.05, 0) is 49.9 Å². The number of piperidine rings is 1. The molecule has 1 N–H and O–H groups in total. The van der Waals surface area contributed by atoms with Crippen LogP contribution < -0.4 is 10.3 Å². The van der Waals surface area contributed by atoms with Crippen molar-refractivity contribution in [2.45, 2.75) is 25.4 Å². The highest BCUT2D eigenvalue weighted by molar-refractivity contribution is 5.46. The van der Waals surface area contributed by atoms with E-state index in [1.165, 1.54) is 18.7 Å². The summed E-state index contributed by atoms with van der Waals surface area (Å²) >= 11 is 0. The van der Waals surface area contributed by atoms with Crippen molar-refractivity contribution in [3.63, 3.8) is 0 Å². The lowest BCUT2D eigenvalue weighted by Crippen LogP contribution is -2.43. The fraction of sp³-hybridized carbons (Fsp3) is 0.500. The first-order chi connectivity index (χ1) is 15.6. The fourth-order valence-electron chi connectivity index (χ4n) is 4.93. The van der Waals surface area contributed by atoms with Crippen LogP contribution in [-0.4, -0.2) is 69.5 Å². The lowest BCUT2D eigenvalue weighted by atomic mass is 9.77. The van der Waals surface area contributed by atoms with E-state index in [1.807, 2.05) is 18.2 Å². The summed E-state index contributed by atoms with van der Waals surface area (Å²) in [4.78, 5) is 19.9. The molecule has 5 heterocycles. The molecule has 3 aromatic rings. The van der Waals surface area contributed by atoms with Gasteiger partial charge in [0.15, 0.2) is 11.1 Å². The Balaban J connectivity index is 1.20. The van der Waals surface area contributed by atoms with E-state index in [4.69, 9.17) is 10.00 Å². The van der Waals surface area contributed by atoms with Gasteiger partial charge >= 0.3 is 0 Å². The second-order valence-corrected chi connectivity index (χ2v) is 8.80. The number of nitrogens with zero attached hydrogens (tertiary/aromatic N) is 7. The van der Waals surface area contributed by atoms with E-state index >= 15 is 0 Å². The highest BCUT2D eigenvalue weighted by atomic mass is 16.5. The van der Waals surface area contributed by atoms with Gasteiger partial charge in [-0.2, -0.15) is 9.78 Å². The number of aromatic nitrogens is 5. The number of nitrogens with one attached hydrogen (secondary N) is 1. The summed E-state index contributed by atoms with van der Waals surface area (Å²) in [6, 6.07) is 7.37. The van der Waals surface area contributed by atoms with Gasteiger partial charge in [0, 0.05) is 44.7 Å². The number of hydrogen-bond acceptors (Lipinski definition) is 8. The molecule has 2 aliphatic rings. The van der Waals surface area contributed by atoms with Crippen molar-refractivity contribution in [3.05, 3.63) is 52.2 Å². The molecule has 32 heavy (non-hydrogen) atoms. The minimum Gasteiger partial charge on any atom is -0.374 e. The Kier molecular flexibility index (Phi) is 5.36. The van der Waals surface area contributed by atoms with E-state index in [-0.39, 0.29) is 17.1 Å². The van der Waals surface area contributed by atoms with Crippen LogP contribution in [0.25, 0.3) is 5.65 Å². The van der Waals surface area contributed by atoms with Crippen LogP contribution in [0.15, 0.2) is 35.5 Å². The third-order valence-corrected chi connectivity index (χ3v) is 6.94. The Hall–Kier alpha value is -3.29. The number of likely N-dealkylation sites (tertiary alicyclic amines) is 1. The largest absolute Gasteiger partial charge is 0.374 e. The van der Waals surface area contributed by atoms with Gasteiger partial charge in [-0.3, -0.25) is 4.79 Å². The molecule has 0 aliphatic carbocycles. The molecule has 0 saturated carbocycles. The van der Waals surface area contributed by atoms with Crippen LogP contribution in [0, 0.1) is 16.7 Å². The third kappa shape index (κ3) is 3.85. The summed E-state index contributed by atoms with van der Waals surface area (Å²) in [6.45, 7) is 4.72. The van der Waals surface area contributed by atoms with Crippen molar-refractivity contribution in [2.75, 3.05) is 44.7 Å². The van der Waals surface area contributed by atoms with Crippen LogP contribution in [0.4, 0.5) is 5.82 Å². The summed E-state index contributed by atoms with van der Waals surface area (Å²) in [7, 11) is 1.65. The number of ether oxygens (including phenoxy) is 1. The molecule has 0 bridgehead atoms. The number of rotatable bonds is 5. The quantitative estimate of drug-likeness (QED) is 0.640. The van der Waals surface area contributed by atoms with Gasteiger partial charge in [0.2, 0.25) is 0 Å². The molecule has 5 rings (SSSR count). The van der Waals surface area contributed by atoms with Gasteiger partial charge in [0.1, 0.15) is 29.9 Å². The summed E-state index contributed by atoms with van der Waals surface area (Å²) in [5.41, 5.74) is 1.62. The first-order valence-corrected chi connectivity index (χ1v) is 10.9. The Morgan fingerprint density at radius 2 is 2.09 bits per heavy atom. The highest BCUT2D eigenvalue weighted by Crippen LogP contribution is 2.41. The number of pyridine rings is 1. The second-order valence-electron chi connectivity index (χ2n) is 8.80. The molecule has 0 radical (unpaired) electrons. The Morgan fingerprint density at radius 1 is 1.28 bits per heavy atom. The third-order valence-electron chi connectivity index (χ3n) is 6.94. The summed E-state index contributed by atoms with van der Waals surface area (Å²) in [5, 5.41) is 21.6. The van der Waals surface area contributed by atoms with Crippen LogP contribution in [-0.2, 0) is 4.74 Å². The van der Waals surface area contributed by atoms with Crippen molar-refractivity contribution < 1.29 is 4.74 Å². The smallest absolute Gasteiger partial charge is 0.199 e. The molecule has 10 heteroatoms. The van der Waals surface area contributed by atoms with Crippen LogP contribution in [0.1, 0.15) is 36.6 Å². The number of hydrogen-bond donors (Lipinski definition) is 1. The average molecular weight is 435 g/mol. The number of H-pyrrole nitrogens is 1. The molecule has 10 nitrogen and oxygen atoms in total. The van der Waals surface area contributed by atoms with Gasteiger partial charge in [-0.25, -0.2) is 0 Å². The Bertz CT molecular complexity index is 1200. The normalized spacial score (nSPS) is 19.4. The van der Waals surface area contributed by atoms with Crippen molar-refractivity contribution in [1.29, 1.82) is 5.26 Å². The predicted octanol–water partition coefficient (Wildman–Crippen LogP) is 1.36. The van der Waals surface area contributed by atoms with Crippen molar-refractivity contribution in [3.8, 4) is 6.07 Å². The minimum absolute atomic E-state index is 0.118. The Labute approximate surface area is 185 Å². The van der Waals surface area contributed by atoms with Gasteiger partial charge in [-0.15, -0.1) is 15.3 Å². The standard InChI is InChI=1S/C22H26N8O2/c1-32-19(17-10-18(31)16(11-23)12-24-17)13-28-7-4-22(5-8-28)6-9-29(14-22)21-3-2-20-26-25-15-30(20)27-21/h2-3,10,12,15,19H,4-9,13-14H2,1H3,(H,24,31)/t19-/m0/s1. The van der Waals surface area contributed by atoms with Crippen LogP contribution in [0.2, 0.25) is 0 Å². The van der Waals surface area contributed by atoms with Crippen molar-refractivity contribution in [2.24, 2.45) is 5.41 Å². The predicted molar refractivity (Wildman–Crippen MR) is 117 cm³/mol. The number of aromatic amines is 1. The molecule has 166 valence electrons. The maximum atomic E-state index is 12.0. The Morgan fingerprint density at radius 3 is 2.84 bits per heavy atom. The molecule has 0 aromatic carbocycles. The highest BCUT2D eigenvalue weighted by Gasteiger charge is 2.41. The number of nitriles is 1. The number of fused-ring (bicyclic) bond motifs is 1. The van der Waals surface area contributed by atoms with E-state index in [2.05, 4.69) is 30.1 Å². The monoisotopic (exact) mass is 434 g/mol. The molecule has 2 aliphatic heterocycles. The van der Waals surface area contributed by atoms with Crippen molar-refractivity contribution in [1.82, 2.24) is 29.7 Å². The summed E-state index contributed by atoms with van der Waals surface area (Å²) < 4.78 is 7.39. The molecule has 0 unspecified atom stereocenters. The molecule has 1 atom stereocenters. The maximum Gasteiger partial charge on any atom is 0.199 e. The van der Waals surface area contributed by atoms with E-state index in [9.17, 15) is 4.79 Å². The minimum atomic E-state index is -0.273. The maximum absolute atomic E-state index is 12.0. The van der Waals surface area contributed by atoms with Crippen LogP contribution in [0.3, 0.4) is 0 Å². The van der Waals surface area contributed by atoms with Gasteiger partial charge in [0.25, 0.3) is 0 Å². The SMILES string of the molecule is CO[C@@H](CN1CCC2(CC1)CCN(c1ccc3nncn3n1)C2)c1cc(=O)c(C#N)c[nH]1. The molecule has 2 saturated heterocycles. The molecule has 3 aromatic heterocycles. The van der Waals surface area contributed by atoms with E-state index < -0.39 is 0 Å². The lowest BCUT2D eigenvalue weighted by molar-refractivity contribution is 0.0350. The van der Waals surface area contributed by atoms with Gasteiger partial charge < -0.3 is 19.5 Å². The van der Waals surface area contributed by atoms with Crippen LogP contribution in [0.5, 0.6) is 0 Å².